The molecule has 1 aliphatic heterocycles. The normalized spacial score (nSPS) is 18.3. The fourth-order valence-corrected chi connectivity index (χ4v) is 4.15. The molecular formula is C19H19ClFN3S. The summed E-state index contributed by atoms with van der Waals surface area (Å²) in [5.41, 5.74) is 6.00. The molecule has 2 aliphatic rings. The van der Waals surface area contributed by atoms with Gasteiger partial charge in [0.05, 0.1) is 6.04 Å². The summed E-state index contributed by atoms with van der Waals surface area (Å²) in [6, 6.07) is 14.4. The van der Waals surface area contributed by atoms with E-state index in [0.29, 0.717) is 23.0 Å². The summed E-state index contributed by atoms with van der Waals surface area (Å²) in [6.45, 7) is 0.653. The van der Waals surface area contributed by atoms with Crippen molar-refractivity contribution in [3.63, 3.8) is 0 Å². The topological polar surface area (TPSA) is 36.1 Å². The van der Waals surface area contributed by atoms with Gasteiger partial charge in [0.1, 0.15) is 5.82 Å². The molecule has 1 atom stereocenters. The Bertz CT molecular complexity index is 772. The Hall–Kier alpha value is -1.53. The highest BCUT2D eigenvalue weighted by molar-refractivity contribution is 8.01. The fourth-order valence-electron chi connectivity index (χ4n) is 3.11. The van der Waals surface area contributed by atoms with Crippen molar-refractivity contribution in [3.05, 3.63) is 81.1 Å². The first kappa shape index (κ1) is 16.9. The zero-order chi connectivity index (χ0) is 17.2. The number of nitrogens with one attached hydrogen (secondary N) is 3. The second-order valence-corrected chi connectivity index (χ2v) is 7.61. The predicted molar refractivity (Wildman–Crippen MR) is 101 cm³/mol. The van der Waals surface area contributed by atoms with Crippen molar-refractivity contribution in [1.29, 1.82) is 0 Å². The van der Waals surface area contributed by atoms with Gasteiger partial charge in [0.25, 0.3) is 0 Å². The summed E-state index contributed by atoms with van der Waals surface area (Å²) >= 11 is 7.93. The first-order valence-corrected chi connectivity index (χ1v) is 9.56. The van der Waals surface area contributed by atoms with Crippen molar-refractivity contribution in [3.8, 4) is 0 Å². The summed E-state index contributed by atoms with van der Waals surface area (Å²) in [5, 5.41) is 3.94. The van der Waals surface area contributed by atoms with E-state index in [4.69, 9.17) is 11.6 Å². The molecule has 2 aromatic carbocycles. The lowest BCUT2D eigenvalue weighted by molar-refractivity contribution is 0.564. The minimum atomic E-state index is -0.302. The zero-order valence-corrected chi connectivity index (χ0v) is 15.1. The number of halogens is 2. The van der Waals surface area contributed by atoms with Gasteiger partial charge in [0.15, 0.2) is 0 Å². The smallest absolute Gasteiger partial charge is 0.129 e. The first-order chi connectivity index (χ1) is 12.2. The van der Waals surface area contributed by atoms with Crippen LogP contribution in [0.4, 0.5) is 4.39 Å². The zero-order valence-electron chi connectivity index (χ0n) is 13.6. The fraction of sp³-hybridized carbons (Fsp3) is 0.263. The lowest BCUT2D eigenvalue weighted by atomic mass is 9.98. The SMILES string of the molecule is Fc1cccc(Cl)c1C(NCC1=C(C2CC2)NNS1)c1ccccc1. The summed E-state index contributed by atoms with van der Waals surface area (Å²) in [5.74, 6) is 0.340. The number of hydrogen-bond donors (Lipinski definition) is 3. The van der Waals surface area contributed by atoms with Gasteiger partial charge in [-0.1, -0.05) is 48.0 Å². The third-order valence-electron chi connectivity index (χ3n) is 4.53. The minimum Gasteiger partial charge on any atom is -0.315 e. The van der Waals surface area contributed by atoms with Crippen LogP contribution < -0.4 is 15.6 Å². The maximum atomic E-state index is 14.5. The molecule has 2 aromatic rings. The molecule has 1 heterocycles. The molecule has 0 aromatic heterocycles. The highest BCUT2D eigenvalue weighted by Gasteiger charge is 2.32. The first-order valence-electron chi connectivity index (χ1n) is 8.37. The van der Waals surface area contributed by atoms with Gasteiger partial charge in [-0.2, -0.15) is 4.83 Å². The Balaban J connectivity index is 1.63. The Morgan fingerprint density at radius 1 is 1.16 bits per heavy atom. The van der Waals surface area contributed by atoms with Gasteiger partial charge in [-0.05, 0) is 42.5 Å². The Morgan fingerprint density at radius 3 is 2.68 bits per heavy atom. The molecule has 1 fully saturated rings. The van der Waals surface area contributed by atoms with Crippen LogP contribution in [0, 0.1) is 11.7 Å². The van der Waals surface area contributed by atoms with E-state index >= 15 is 0 Å². The van der Waals surface area contributed by atoms with Crippen molar-refractivity contribution >= 4 is 23.5 Å². The van der Waals surface area contributed by atoms with Crippen LogP contribution in [0.25, 0.3) is 0 Å². The molecule has 6 heteroatoms. The van der Waals surface area contributed by atoms with Gasteiger partial charge in [-0.15, -0.1) is 0 Å². The molecule has 0 spiro atoms. The molecular weight excluding hydrogens is 357 g/mol. The molecule has 0 radical (unpaired) electrons. The molecule has 3 nitrogen and oxygen atoms in total. The Morgan fingerprint density at radius 2 is 1.96 bits per heavy atom. The highest BCUT2D eigenvalue weighted by Crippen LogP contribution is 2.40. The third-order valence-corrected chi connectivity index (χ3v) is 5.68. The van der Waals surface area contributed by atoms with Crippen LogP contribution >= 0.6 is 23.5 Å². The molecule has 0 saturated heterocycles. The minimum absolute atomic E-state index is 0.291. The molecule has 1 unspecified atom stereocenters. The maximum absolute atomic E-state index is 14.5. The highest BCUT2D eigenvalue weighted by atomic mass is 35.5. The van der Waals surface area contributed by atoms with Crippen LogP contribution in [-0.4, -0.2) is 6.54 Å². The van der Waals surface area contributed by atoms with E-state index in [1.807, 2.05) is 30.3 Å². The van der Waals surface area contributed by atoms with Crippen LogP contribution in [0.5, 0.6) is 0 Å². The molecule has 0 amide bonds. The van der Waals surface area contributed by atoms with Crippen LogP contribution in [0.3, 0.4) is 0 Å². The Kier molecular flexibility index (Phi) is 4.99. The van der Waals surface area contributed by atoms with E-state index in [1.165, 1.54) is 29.5 Å². The largest absolute Gasteiger partial charge is 0.315 e. The number of benzene rings is 2. The van der Waals surface area contributed by atoms with Crippen molar-refractivity contribution in [2.75, 3.05) is 6.54 Å². The molecule has 3 N–H and O–H groups in total. The quantitative estimate of drug-likeness (QED) is 0.648. The maximum Gasteiger partial charge on any atom is 0.129 e. The van der Waals surface area contributed by atoms with Crippen molar-refractivity contribution < 1.29 is 4.39 Å². The number of hydrogen-bond acceptors (Lipinski definition) is 4. The van der Waals surface area contributed by atoms with E-state index in [-0.39, 0.29) is 11.9 Å². The second-order valence-electron chi connectivity index (χ2n) is 6.30. The molecule has 1 aliphatic carbocycles. The van der Waals surface area contributed by atoms with Crippen molar-refractivity contribution in [2.45, 2.75) is 18.9 Å². The van der Waals surface area contributed by atoms with Gasteiger partial charge >= 0.3 is 0 Å². The van der Waals surface area contributed by atoms with Gasteiger partial charge in [-0.3, -0.25) is 0 Å². The predicted octanol–water partition coefficient (Wildman–Crippen LogP) is 4.54. The third kappa shape index (κ3) is 3.70. The van der Waals surface area contributed by atoms with Crippen LogP contribution in [0.2, 0.25) is 5.02 Å². The molecule has 25 heavy (non-hydrogen) atoms. The summed E-state index contributed by atoms with van der Waals surface area (Å²) in [7, 11) is 0. The van der Waals surface area contributed by atoms with E-state index in [0.717, 1.165) is 5.56 Å². The molecule has 1 saturated carbocycles. The van der Waals surface area contributed by atoms with Gasteiger partial charge in [-0.25, -0.2) is 4.39 Å². The second kappa shape index (κ2) is 7.38. The molecule has 130 valence electrons. The van der Waals surface area contributed by atoms with Crippen LogP contribution in [0.1, 0.15) is 30.0 Å². The van der Waals surface area contributed by atoms with Crippen LogP contribution in [0.15, 0.2) is 59.1 Å². The van der Waals surface area contributed by atoms with E-state index in [2.05, 4.69) is 15.6 Å². The van der Waals surface area contributed by atoms with Gasteiger partial charge < -0.3 is 10.7 Å². The number of hydrazine groups is 1. The lowest BCUT2D eigenvalue weighted by Crippen LogP contribution is -2.26. The van der Waals surface area contributed by atoms with E-state index < -0.39 is 0 Å². The van der Waals surface area contributed by atoms with E-state index in [9.17, 15) is 4.39 Å². The Labute approximate surface area is 156 Å². The summed E-state index contributed by atoms with van der Waals surface area (Å²) < 4.78 is 14.5. The lowest BCUT2D eigenvalue weighted by Gasteiger charge is -2.22. The number of rotatable bonds is 6. The van der Waals surface area contributed by atoms with Crippen molar-refractivity contribution in [1.82, 2.24) is 15.6 Å². The number of allylic oxidation sites excluding steroid dienone is 1. The monoisotopic (exact) mass is 375 g/mol. The summed E-state index contributed by atoms with van der Waals surface area (Å²) in [4.78, 5) is 4.35. The van der Waals surface area contributed by atoms with E-state index in [1.54, 1.807) is 24.1 Å². The molecule has 4 rings (SSSR count). The molecule has 0 bridgehead atoms. The van der Waals surface area contributed by atoms with Crippen LogP contribution in [-0.2, 0) is 0 Å². The standard InChI is InChI=1S/C19H19ClFN3S/c20-14-7-4-8-15(21)17(14)19(12-5-2-1-3-6-12)22-11-16-18(13-9-10-13)23-24-25-16/h1-8,13,19,22-24H,9-11H2. The van der Waals surface area contributed by atoms with Gasteiger partial charge in [0.2, 0.25) is 0 Å². The summed E-state index contributed by atoms with van der Waals surface area (Å²) in [6.07, 6.45) is 2.46. The van der Waals surface area contributed by atoms with Gasteiger partial charge in [0, 0.05) is 33.7 Å². The average molecular weight is 376 g/mol. The van der Waals surface area contributed by atoms with Crippen molar-refractivity contribution in [2.24, 2.45) is 5.92 Å². The average Bonchev–Trinajstić information content (AvgIpc) is 3.36.